The third-order valence-electron chi connectivity index (χ3n) is 5.35. The number of rotatable bonds is 7. The number of hydrogen-bond acceptors (Lipinski definition) is 4. The fourth-order valence-electron chi connectivity index (χ4n) is 3.35. The van der Waals surface area contributed by atoms with E-state index in [9.17, 15) is 17.6 Å². The molecule has 2 aromatic rings. The first-order valence-electron chi connectivity index (χ1n) is 10.1. The first-order valence-corrected chi connectivity index (χ1v) is 11.5. The fraction of sp³-hybridized carbons (Fsp3) is 0.409. The Morgan fingerprint density at radius 2 is 1.83 bits per heavy atom. The maximum Gasteiger partial charge on any atom is 0.254 e. The van der Waals surface area contributed by atoms with Gasteiger partial charge in [-0.15, -0.1) is 0 Å². The fourth-order valence-corrected chi connectivity index (χ4v) is 4.85. The minimum atomic E-state index is -4.05. The molecule has 0 spiro atoms. The van der Waals surface area contributed by atoms with E-state index in [1.165, 1.54) is 10.4 Å². The molecule has 0 aromatic heterocycles. The number of carbonyl (C=O) groups is 1. The van der Waals surface area contributed by atoms with Crippen LogP contribution in [0.2, 0.25) is 0 Å². The molecule has 0 radical (unpaired) electrons. The van der Waals surface area contributed by atoms with Crippen LogP contribution < -0.4 is 0 Å². The highest BCUT2D eigenvalue weighted by molar-refractivity contribution is 7.89. The summed E-state index contributed by atoms with van der Waals surface area (Å²) in [4.78, 5) is 14.5. The van der Waals surface area contributed by atoms with E-state index >= 15 is 0 Å². The predicted molar refractivity (Wildman–Crippen MR) is 112 cm³/mol. The summed E-state index contributed by atoms with van der Waals surface area (Å²) < 4.78 is 46.8. The predicted octanol–water partition coefficient (Wildman–Crippen LogP) is 3.29. The Morgan fingerprint density at radius 3 is 2.47 bits per heavy atom. The smallest absolute Gasteiger partial charge is 0.254 e. The van der Waals surface area contributed by atoms with Crippen molar-refractivity contribution in [3.05, 3.63) is 65.5 Å². The van der Waals surface area contributed by atoms with Crippen molar-refractivity contribution in [2.45, 2.75) is 37.8 Å². The van der Waals surface area contributed by atoms with Crippen molar-refractivity contribution in [1.82, 2.24) is 9.21 Å². The number of amides is 1. The van der Waals surface area contributed by atoms with Crippen LogP contribution in [0, 0.1) is 5.82 Å². The molecule has 1 saturated heterocycles. The van der Waals surface area contributed by atoms with Crippen LogP contribution in [0.15, 0.2) is 53.4 Å². The number of halogens is 1. The van der Waals surface area contributed by atoms with Gasteiger partial charge in [0, 0.05) is 31.2 Å². The molecule has 3 rings (SSSR count). The molecular weight excluding hydrogens is 407 g/mol. The number of sulfonamides is 1. The largest absolute Gasteiger partial charge is 0.379 e. The monoisotopic (exact) mass is 434 g/mol. The number of morpholine rings is 1. The lowest BCUT2D eigenvalue weighted by atomic mass is 10.1. The van der Waals surface area contributed by atoms with Crippen molar-refractivity contribution in [3.63, 3.8) is 0 Å². The molecule has 0 aliphatic carbocycles. The summed E-state index contributed by atoms with van der Waals surface area (Å²) >= 11 is 0. The topological polar surface area (TPSA) is 66.9 Å². The van der Waals surface area contributed by atoms with Crippen molar-refractivity contribution < 1.29 is 22.3 Å². The zero-order valence-electron chi connectivity index (χ0n) is 17.3. The highest BCUT2D eigenvalue weighted by Gasteiger charge is 2.30. The lowest BCUT2D eigenvalue weighted by molar-refractivity contribution is 0.0671. The maximum absolute atomic E-state index is 14.5. The van der Waals surface area contributed by atoms with Crippen molar-refractivity contribution in [2.24, 2.45) is 0 Å². The van der Waals surface area contributed by atoms with Crippen LogP contribution in [0.3, 0.4) is 0 Å². The molecule has 0 saturated carbocycles. The maximum atomic E-state index is 14.5. The Bertz CT molecular complexity index is 976. The van der Waals surface area contributed by atoms with Gasteiger partial charge in [0.15, 0.2) is 0 Å². The summed E-state index contributed by atoms with van der Waals surface area (Å²) in [6.07, 6.45) is 0.735. The summed E-state index contributed by atoms with van der Waals surface area (Å²) in [6.45, 7) is 5.15. The molecule has 1 heterocycles. The zero-order chi connectivity index (χ0) is 21.7. The van der Waals surface area contributed by atoms with Gasteiger partial charge >= 0.3 is 0 Å². The number of ether oxygens (including phenoxy) is 1. The molecule has 0 N–H and O–H groups in total. The van der Waals surface area contributed by atoms with E-state index in [0.29, 0.717) is 6.54 Å². The molecular formula is C22H27FN2O4S. The quantitative estimate of drug-likeness (QED) is 0.671. The molecule has 30 heavy (non-hydrogen) atoms. The Morgan fingerprint density at radius 1 is 1.17 bits per heavy atom. The molecule has 6 nitrogen and oxygen atoms in total. The standard InChI is InChI=1S/C22H27FN2O4S/c1-3-17(2)25(16-18-7-5-4-6-8-18)22(26)19-9-10-20(23)21(15-19)30(27,28)24-11-13-29-14-12-24/h4-10,15,17H,3,11-14,16H2,1-2H3. The van der Waals surface area contributed by atoms with Crippen LogP contribution in [0.25, 0.3) is 0 Å². The van der Waals surface area contributed by atoms with Gasteiger partial charge in [-0.2, -0.15) is 4.31 Å². The second kappa shape index (κ2) is 9.68. The second-order valence-corrected chi connectivity index (χ2v) is 9.24. The zero-order valence-corrected chi connectivity index (χ0v) is 18.1. The summed E-state index contributed by atoms with van der Waals surface area (Å²) in [6, 6.07) is 13.1. The van der Waals surface area contributed by atoms with Crippen molar-refractivity contribution in [3.8, 4) is 0 Å². The molecule has 0 bridgehead atoms. The minimum absolute atomic E-state index is 0.0675. The Kier molecular flexibility index (Phi) is 7.23. The summed E-state index contributed by atoms with van der Waals surface area (Å²) in [5.74, 6) is -1.19. The van der Waals surface area contributed by atoms with Crippen LogP contribution in [-0.4, -0.2) is 55.9 Å². The van der Waals surface area contributed by atoms with Gasteiger partial charge in [-0.3, -0.25) is 4.79 Å². The van der Waals surface area contributed by atoms with E-state index in [1.807, 2.05) is 44.2 Å². The molecule has 1 atom stereocenters. The van der Waals surface area contributed by atoms with Gasteiger partial charge in [-0.1, -0.05) is 37.3 Å². The Hall–Kier alpha value is -2.29. The molecule has 2 aromatic carbocycles. The number of nitrogens with zero attached hydrogens (tertiary/aromatic N) is 2. The normalized spacial score (nSPS) is 16.2. The molecule has 8 heteroatoms. The number of hydrogen-bond donors (Lipinski definition) is 0. The van der Waals surface area contributed by atoms with Crippen molar-refractivity contribution in [1.29, 1.82) is 0 Å². The first-order chi connectivity index (χ1) is 14.3. The second-order valence-electron chi connectivity index (χ2n) is 7.34. The van der Waals surface area contributed by atoms with Gasteiger partial charge in [-0.05, 0) is 37.1 Å². The average Bonchev–Trinajstić information content (AvgIpc) is 2.78. The molecule has 1 amide bonds. The molecule has 1 aliphatic heterocycles. The van der Waals surface area contributed by atoms with Crippen LogP contribution in [0.1, 0.15) is 36.2 Å². The van der Waals surface area contributed by atoms with Crippen LogP contribution in [0.5, 0.6) is 0 Å². The lowest BCUT2D eigenvalue weighted by Gasteiger charge is -2.29. The molecule has 1 aliphatic rings. The highest BCUT2D eigenvalue weighted by Crippen LogP contribution is 2.24. The van der Waals surface area contributed by atoms with Gasteiger partial charge in [-0.25, -0.2) is 12.8 Å². The first kappa shape index (κ1) is 22.4. The van der Waals surface area contributed by atoms with E-state index in [2.05, 4.69) is 0 Å². The SMILES string of the molecule is CCC(C)N(Cc1ccccc1)C(=O)c1ccc(F)c(S(=O)(=O)N2CCOCC2)c1. The summed E-state index contributed by atoms with van der Waals surface area (Å²) in [7, 11) is -4.05. The summed E-state index contributed by atoms with van der Waals surface area (Å²) in [5, 5.41) is 0. The molecule has 162 valence electrons. The van der Waals surface area contributed by atoms with E-state index in [-0.39, 0.29) is 43.8 Å². The third-order valence-corrected chi connectivity index (χ3v) is 7.26. The van der Waals surface area contributed by atoms with Crippen LogP contribution in [-0.2, 0) is 21.3 Å². The van der Waals surface area contributed by atoms with Gasteiger partial charge in [0.2, 0.25) is 10.0 Å². The average molecular weight is 435 g/mol. The van der Waals surface area contributed by atoms with Crippen molar-refractivity contribution in [2.75, 3.05) is 26.3 Å². The minimum Gasteiger partial charge on any atom is -0.379 e. The van der Waals surface area contributed by atoms with Crippen molar-refractivity contribution >= 4 is 15.9 Å². The van der Waals surface area contributed by atoms with Gasteiger partial charge in [0.25, 0.3) is 5.91 Å². The van der Waals surface area contributed by atoms with Gasteiger partial charge < -0.3 is 9.64 Å². The van der Waals surface area contributed by atoms with Crippen LogP contribution >= 0.6 is 0 Å². The van der Waals surface area contributed by atoms with Gasteiger partial charge in [0.05, 0.1) is 13.2 Å². The van der Waals surface area contributed by atoms with Crippen LogP contribution in [0.4, 0.5) is 4.39 Å². The highest BCUT2D eigenvalue weighted by atomic mass is 32.2. The Labute approximate surface area is 177 Å². The van der Waals surface area contributed by atoms with E-state index in [0.717, 1.165) is 24.1 Å². The van der Waals surface area contributed by atoms with Gasteiger partial charge in [0.1, 0.15) is 10.7 Å². The number of carbonyl (C=O) groups excluding carboxylic acids is 1. The van der Waals surface area contributed by atoms with E-state index < -0.39 is 20.7 Å². The molecule has 1 fully saturated rings. The molecule has 1 unspecified atom stereocenters. The Balaban J connectivity index is 1.93. The summed E-state index contributed by atoms with van der Waals surface area (Å²) in [5.41, 5.74) is 1.12. The van der Waals surface area contributed by atoms with E-state index in [1.54, 1.807) is 4.90 Å². The lowest BCUT2D eigenvalue weighted by Crippen LogP contribution is -2.41. The third kappa shape index (κ3) is 4.88. The van der Waals surface area contributed by atoms with E-state index in [4.69, 9.17) is 4.74 Å². The number of benzene rings is 2.